The zero-order valence-electron chi connectivity index (χ0n) is 27.7. The van der Waals surface area contributed by atoms with E-state index in [1.807, 2.05) is 0 Å². The minimum absolute atomic E-state index is 0.387. The molecule has 8 aromatic carbocycles. The second kappa shape index (κ2) is 9.74. The summed E-state index contributed by atoms with van der Waals surface area (Å²) in [6.07, 6.45) is 0. The summed E-state index contributed by atoms with van der Waals surface area (Å²) in [4.78, 5) is 0. The standard InChI is InChI=1S/C49H30N2/c1-7-19-41-33(13-1)34-14-2-8-20-42(34)49(41)43-21-9-3-15-35(43)36-27-25-31(29-44(36)49)51-47-24-12-6-18-39(47)40-28-26-32(30-48(40)51)50-45-22-10-4-16-37(45)38-17-5-11-23-46(38)50/h1-30H. The Morgan fingerprint density at radius 3 is 1.18 bits per heavy atom. The number of benzene rings is 8. The largest absolute Gasteiger partial charge is 0.309 e. The van der Waals surface area contributed by atoms with Crippen molar-refractivity contribution in [1.29, 1.82) is 0 Å². The summed E-state index contributed by atoms with van der Waals surface area (Å²) in [5, 5.41) is 5.06. The molecule has 51 heavy (non-hydrogen) atoms. The highest BCUT2D eigenvalue weighted by atomic mass is 15.0. The Bertz CT molecular complexity index is 2980. The molecule has 12 rings (SSSR count). The first-order valence-electron chi connectivity index (χ1n) is 17.8. The Morgan fingerprint density at radius 1 is 0.275 bits per heavy atom. The molecule has 2 heteroatoms. The van der Waals surface area contributed by atoms with Crippen LogP contribution in [0.4, 0.5) is 0 Å². The first-order valence-corrected chi connectivity index (χ1v) is 17.8. The molecule has 0 atom stereocenters. The second-order valence-corrected chi connectivity index (χ2v) is 14.0. The van der Waals surface area contributed by atoms with Crippen LogP contribution in [0.3, 0.4) is 0 Å². The van der Waals surface area contributed by atoms with Crippen LogP contribution in [0.25, 0.3) is 77.2 Å². The van der Waals surface area contributed by atoms with Crippen molar-refractivity contribution in [2.24, 2.45) is 0 Å². The molecule has 0 aliphatic heterocycles. The monoisotopic (exact) mass is 646 g/mol. The van der Waals surface area contributed by atoms with Gasteiger partial charge in [0, 0.05) is 32.9 Å². The molecule has 2 aromatic heterocycles. The lowest BCUT2D eigenvalue weighted by atomic mass is 9.70. The average Bonchev–Trinajstić information content (AvgIpc) is 3.89. The molecule has 0 N–H and O–H groups in total. The molecular formula is C49H30N2. The van der Waals surface area contributed by atoms with Gasteiger partial charge in [0.05, 0.1) is 27.5 Å². The lowest BCUT2D eigenvalue weighted by Crippen LogP contribution is -2.26. The van der Waals surface area contributed by atoms with Crippen LogP contribution in [0.15, 0.2) is 182 Å². The summed E-state index contributed by atoms with van der Waals surface area (Å²) < 4.78 is 4.92. The van der Waals surface area contributed by atoms with Gasteiger partial charge in [-0.1, -0.05) is 140 Å². The highest BCUT2D eigenvalue weighted by Gasteiger charge is 2.51. The summed E-state index contributed by atoms with van der Waals surface area (Å²) in [6.45, 7) is 0. The summed E-state index contributed by atoms with van der Waals surface area (Å²) in [7, 11) is 0. The van der Waals surface area contributed by atoms with E-state index in [0.29, 0.717) is 0 Å². The summed E-state index contributed by atoms with van der Waals surface area (Å²) in [5.41, 5.74) is 17.5. The normalized spacial score (nSPS) is 13.6. The fourth-order valence-corrected chi connectivity index (χ4v) is 9.80. The molecule has 236 valence electrons. The number of fused-ring (bicyclic) bond motifs is 16. The number of nitrogens with zero attached hydrogens (tertiary/aromatic N) is 2. The number of para-hydroxylation sites is 3. The van der Waals surface area contributed by atoms with Gasteiger partial charge in [-0.15, -0.1) is 0 Å². The molecule has 1 spiro atoms. The van der Waals surface area contributed by atoms with Crippen LogP contribution in [0.2, 0.25) is 0 Å². The number of hydrogen-bond acceptors (Lipinski definition) is 0. The van der Waals surface area contributed by atoms with Gasteiger partial charge < -0.3 is 9.13 Å². The molecule has 0 bridgehead atoms. The third-order valence-electron chi connectivity index (χ3n) is 11.7. The first-order chi connectivity index (χ1) is 25.3. The summed E-state index contributed by atoms with van der Waals surface area (Å²) in [5.74, 6) is 0. The molecule has 0 unspecified atom stereocenters. The van der Waals surface area contributed by atoms with E-state index in [1.54, 1.807) is 0 Å². The maximum atomic E-state index is 2.49. The van der Waals surface area contributed by atoms with Gasteiger partial charge in [0.2, 0.25) is 0 Å². The molecule has 0 radical (unpaired) electrons. The van der Waals surface area contributed by atoms with E-state index >= 15 is 0 Å². The molecule has 0 amide bonds. The third-order valence-corrected chi connectivity index (χ3v) is 11.7. The molecule has 0 fully saturated rings. The van der Waals surface area contributed by atoms with Crippen LogP contribution >= 0.6 is 0 Å². The van der Waals surface area contributed by atoms with Crippen LogP contribution in [0.1, 0.15) is 22.3 Å². The molecule has 2 aliphatic rings. The van der Waals surface area contributed by atoms with E-state index in [0.717, 1.165) is 5.69 Å². The maximum absolute atomic E-state index is 2.49. The molecule has 10 aromatic rings. The Balaban J connectivity index is 1.17. The smallest absolute Gasteiger partial charge is 0.0726 e. The van der Waals surface area contributed by atoms with Crippen molar-refractivity contribution in [1.82, 2.24) is 9.13 Å². The molecular weight excluding hydrogens is 617 g/mol. The highest BCUT2D eigenvalue weighted by Crippen LogP contribution is 2.63. The summed E-state index contributed by atoms with van der Waals surface area (Å²) in [6, 6.07) is 67.7. The van der Waals surface area contributed by atoms with E-state index in [9.17, 15) is 0 Å². The van der Waals surface area contributed by atoms with Crippen LogP contribution in [0, 0.1) is 0 Å². The van der Waals surface area contributed by atoms with Gasteiger partial charge in [-0.25, -0.2) is 0 Å². The van der Waals surface area contributed by atoms with Crippen LogP contribution in [-0.2, 0) is 5.41 Å². The fraction of sp³-hybridized carbons (Fsp3) is 0.0204. The van der Waals surface area contributed by atoms with Crippen molar-refractivity contribution in [3.05, 3.63) is 204 Å². The maximum Gasteiger partial charge on any atom is 0.0726 e. The van der Waals surface area contributed by atoms with Crippen molar-refractivity contribution in [2.45, 2.75) is 5.41 Å². The first kappa shape index (κ1) is 27.2. The zero-order chi connectivity index (χ0) is 33.3. The quantitative estimate of drug-likeness (QED) is 0.177. The van der Waals surface area contributed by atoms with Crippen molar-refractivity contribution in [3.8, 4) is 33.6 Å². The number of aromatic nitrogens is 2. The third kappa shape index (κ3) is 3.32. The van der Waals surface area contributed by atoms with Crippen LogP contribution in [-0.4, -0.2) is 9.13 Å². The van der Waals surface area contributed by atoms with Gasteiger partial charge in [-0.05, 0) is 87.0 Å². The Labute approximate surface area is 295 Å². The predicted molar refractivity (Wildman–Crippen MR) is 211 cm³/mol. The van der Waals surface area contributed by atoms with Crippen LogP contribution < -0.4 is 0 Å². The van der Waals surface area contributed by atoms with Gasteiger partial charge in [-0.3, -0.25) is 0 Å². The van der Waals surface area contributed by atoms with E-state index in [4.69, 9.17) is 0 Å². The molecule has 2 nitrogen and oxygen atoms in total. The lowest BCUT2D eigenvalue weighted by Gasteiger charge is -2.30. The Kier molecular flexibility index (Phi) is 5.20. The zero-order valence-corrected chi connectivity index (χ0v) is 27.7. The Hall–Kier alpha value is -6.64. The van der Waals surface area contributed by atoms with E-state index in [2.05, 4.69) is 191 Å². The van der Waals surface area contributed by atoms with Gasteiger partial charge in [0.1, 0.15) is 0 Å². The minimum Gasteiger partial charge on any atom is -0.309 e. The Morgan fingerprint density at radius 2 is 0.647 bits per heavy atom. The van der Waals surface area contributed by atoms with E-state index in [-0.39, 0.29) is 5.41 Å². The van der Waals surface area contributed by atoms with E-state index < -0.39 is 0 Å². The van der Waals surface area contributed by atoms with Gasteiger partial charge in [-0.2, -0.15) is 0 Å². The van der Waals surface area contributed by atoms with Crippen molar-refractivity contribution >= 4 is 43.6 Å². The van der Waals surface area contributed by atoms with Crippen LogP contribution in [0.5, 0.6) is 0 Å². The predicted octanol–water partition coefficient (Wildman–Crippen LogP) is 12.2. The molecule has 2 aliphatic carbocycles. The fourth-order valence-electron chi connectivity index (χ4n) is 9.80. The van der Waals surface area contributed by atoms with Crippen molar-refractivity contribution in [3.63, 3.8) is 0 Å². The number of hydrogen-bond donors (Lipinski definition) is 0. The van der Waals surface area contributed by atoms with Crippen molar-refractivity contribution in [2.75, 3.05) is 0 Å². The molecule has 2 heterocycles. The van der Waals surface area contributed by atoms with Gasteiger partial charge in [0.25, 0.3) is 0 Å². The minimum atomic E-state index is -0.387. The molecule has 0 saturated heterocycles. The lowest BCUT2D eigenvalue weighted by molar-refractivity contribution is 0.792. The number of rotatable bonds is 2. The summed E-state index contributed by atoms with van der Waals surface area (Å²) >= 11 is 0. The second-order valence-electron chi connectivity index (χ2n) is 14.0. The highest BCUT2D eigenvalue weighted by molar-refractivity contribution is 6.12. The topological polar surface area (TPSA) is 9.86 Å². The van der Waals surface area contributed by atoms with Gasteiger partial charge in [0.15, 0.2) is 0 Å². The van der Waals surface area contributed by atoms with Crippen molar-refractivity contribution < 1.29 is 0 Å². The van der Waals surface area contributed by atoms with Gasteiger partial charge >= 0.3 is 0 Å². The average molecular weight is 647 g/mol. The van der Waals surface area contributed by atoms with E-state index in [1.165, 1.54) is 93.8 Å². The molecule has 0 saturated carbocycles. The SMILES string of the molecule is c1ccc2c(c1)-c1ccccc1C21c2ccccc2-c2ccc(-n3c4ccccc4c4ccc(-n5c6ccccc6c6ccccc65)cc43)cc21.